The average molecular weight is 451 g/mol. The van der Waals surface area contributed by atoms with Crippen LogP contribution in [0.4, 0.5) is 0 Å². The van der Waals surface area contributed by atoms with E-state index in [2.05, 4.69) is 15.3 Å². The van der Waals surface area contributed by atoms with Gasteiger partial charge < -0.3 is 9.47 Å². The highest BCUT2D eigenvalue weighted by Gasteiger charge is 2.11. The molecule has 0 unspecified atom stereocenters. The van der Waals surface area contributed by atoms with Crippen molar-refractivity contribution in [3.63, 3.8) is 0 Å². The molecule has 3 aromatic carbocycles. The van der Waals surface area contributed by atoms with Crippen LogP contribution in [0.25, 0.3) is 11.4 Å². The van der Waals surface area contributed by atoms with Crippen LogP contribution in [0.3, 0.4) is 0 Å². The number of aromatic nitrogens is 3. The molecule has 6 nitrogen and oxygen atoms in total. The van der Waals surface area contributed by atoms with E-state index in [-0.39, 0.29) is 0 Å². The number of rotatable bonds is 7. The van der Waals surface area contributed by atoms with Crippen molar-refractivity contribution in [2.45, 2.75) is 6.61 Å². The number of hydrogen-bond acceptors (Lipinski definition) is 5. The number of H-pyrrole nitrogens is 1. The van der Waals surface area contributed by atoms with E-state index in [4.69, 9.17) is 33.3 Å². The third-order valence-electron chi connectivity index (χ3n) is 4.51. The van der Waals surface area contributed by atoms with E-state index in [1.54, 1.807) is 19.4 Å². The number of nitrogens with one attached hydrogen (secondary N) is 1. The van der Waals surface area contributed by atoms with E-state index in [1.165, 1.54) is 4.68 Å². The van der Waals surface area contributed by atoms with Crippen LogP contribution in [-0.2, 0) is 6.61 Å². The van der Waals surface area contributed by atoms with Gasteiger partial charge in [-0.3, -0.25) is 0 Å². The van der Waals surface area contributed by atoms with Crippen molar-refractivity contribution in [2.24, 2.45) is 5.10 Å². The first-order chi connectivity index (χ1) is 15.2. The minimum atomic E-state index is 0.361. The molecule has 0 saturated carbocycles. The van der Waals surface area contributed by atoms with Gasteiger partial charge in [0.15, 0.2) is 17.3 Å². The minimum Gasteiger partial charge on any atom is -0.493 e. The maximum atomic E-state index is 6.31. The van der Waals surface area contributed by atoms with Crippen LogP contribution in [0.5, 0.6) is 11.5 Å². The molecule has 0 atom stereocenters. The standard InChI is InChI=1S/C23H19ClN4O2S/c1-29-20-12-11-17(13-21(20)30-15-16-7-3-2-4-8-16)14-25-28-22(26-27-23(28)31)18-9-5-6-10-19(18)24/h2-14H,15H2,1H3,(H,27,31)/b25-14+. The number of benzene rings is 3. The van der Waals surface area contributed by atoms with Crippen LogP contribution in [0.2, 0.25) is 5.02 Å². The van der Waals surface area contributed by atoms with E-state index < -0.39 is 0 Å². The summed E-state index contributed by atoms with van der Waals surface area (Å²) >= 11 is 11.6. The molecular weight excluding hydrogens is 432 g/mol. The third-order valence-corrected chi connectivity index (χ3v) is 5.11. The zero-order valence-corrected chi connectivity index (χ0v) is 18.2. The zero-order chi connectivity index (χ0) is 21.6. The van der Waals surface area contributed by atoms with Crippen LogP contribution in [0, 0.1) is 4.77 Å². The van der Waals surface area contributed by atoms with Crippen LogP contribution in [0.15, 0.2) is 77.9 Å². The topological polar surface area (TPSA) is 64.4 Å². The Kier molecular flexibility index (Phi) is 6.45. The Morgan fingerprint density at radius 1 is 1.06 bits per heavy atom. The normalized spacial score (nSPS) is 11.0. The van der Waals surface area contributed by atoms with E-state index in [9.17, 15) is 0 Å². The van der Waals surface area contributed by atoms with E-state index in [0.717, 1.165) is 16.7 Å². The molecule has 1 N–H and O–H groups in total. The fraction of sp³-hybridized carbons (Fsp3) is 0.0870. The molecule has 31 heavy (non-hydrogen) atoms. The van der Waals surface area contributed by atoms with Crippen LogP contribution >= 0.6 is 23.8 Å². The van der Waals surface area contributed by atoms with Crippen LogP contribution in [0.1, 0.15) is 11.1 Å². The van der Waals surface area contributed by atoms with Crippen LogP contribution in [-0.4, -0.2) is 28.2 Å². The number of methoxy groups -OCH3 is 1. The molecule has 0 aliphatic heterocycles. The molecule has 0 aliphatic carbocycles. The summed E-state index contributed by atoms with van der Waals surface area (Å²) in [4.78, 5) is 0. The molecule has 1 heterocycles. The minimum absolute atomic E-state index is 0.361. The maximum absolute atomic E-state index is 6.31. The van der Waals surface area contributed by atoms with Gasteiger partial charge in [0.05, 0.1) is 18.3 Å². The van der Waals surface area contributed by atoms with E-state index in [0.29, 0.717) is 33.7 Å². The lowest BCUT2D eigenvalue weighted by molar-refractivity contribution is 0.284. The van der Waals surface area contributed by atoms with Gasteiger partial charge in [0, 0.05) is 5.56 Å². The lowest BCUT2D eigenvalue weighted by Gasteiger charge is -2.11. The van der Waals surface area contributed by atoms with Gasteiger partial charge in [-0.1, -0.05) is 54.1 Å². The fourth-order valence-corrected chi connectivity index (χ4v) is 3.36. The Morgan fingerprint density at radius 2 is 1.84 bits per heavy atom. The SMILES string of the molecule is COc1ccc(/C=N/n2c(-c3ccccc3Cl)n[nH]c2=S)cc1OCc1ccccc1. The summed E-state index contributed by atoms with van der Waals surface area (Å²) in [6, 6.07) is 22.9. The molecule has 1 aromatic heterocycles. The lowest BCUT2D eigenvalue weighted by Crippen LogP contribution is -1.99. The van der Waals surface area contributed by atoms with E-state index >= 15 is 0 Å². The zero-order valence-electron chi connectivity index (χ0n) is 16.7. The van der Waals surface area contributed by atoms with Gasteiger partial charge in [-0.05, 0) is 53.7 Å². The maximum Gasteiger partial charge on any atom is 0.216 e. The predicted octanol–water partition coefficient (Wildman–Crippen LogP) is 5.73. The molecule has 0 saturated heterocycles. The summed E-state index contributed by atoms with van der Waals surface area (Å²) in [5.74, 6) is 1.79. The number of aromatic amines is 1. The molecule has 0 aliphatic rings. The Hall–Kier alpha value is -3.42. The van der Waals surface area contributed by atoms with Crippen LogP contribution < -0.4 is 9.47 Å². The molecule has 156 valence electrons. The Morgan fingerprint density at radius 3 is 2.61 bits per heavy atom. The van der Waals surface area contributed by atoms with Crippen molar-refractivity contribution < 1.29 is 9.47 Å². The molecule has 4 aromatic rings. The van der Waals surface area contributed by atoms with Gasteiger partial charge in [-0.25, -0.2) is 5.10 Å². The fourth-order valence-electron chi connectivity index (χ4n) is 2.96. The molecule has 4 rings (SSSR count). The highest BCUT2D eigenvalue weighted by atomic mass is 35.5. The van der Waals surface area contributed by atoms with Gasteiger partial charge in [-0.15, -0.1) is 0 Å². The van der Waals surface area contributed by atoms with Gasteiger partial charge in [0.25, 0.3) is 0 Å². The largest absolute Gasteiger partial charge is 0.493 e. The second-order valence-electron chi connectivity index (χ2n) is 6.57. The second-order valence-corrected chi connectivity index (χ2v) is 7.37. The van der Waals surface area contributed by atoms with Crippen molar-refractivity contribution in [1.82, 2.24) is 14.9 Å². The van der Waals surface area contributed by atoms with Gasteiger partial charge >= 0.3 is 0 Å². The first kappa shape index (κ1) is 20.8. The molecule has 0 amide bonds. The molecule has 8 heteroatoms. The first-order valence-corrected chi connectivity index (χ1v) is 10.3. The smallest absolute Gasteiger partial charge is 0.216 e. The quantitative estimate of drug-likeness (QED) is 0.288. The van der Waals surface area contributed by atoms with Crippen molar-refractivity contribution in [1.29, 1.82) is 0 Å². The lowest BCUT2D eigenvalue weighted by atomic mass is 10.2. The molecule has 0 fully saturated rings. The predicted molar refractivity (Wildman–Crippen MR) is 125 cm³/mol. The Labute approximate surface area is 189 Å². The number of nitrogens with zero attached hydrogens (tertiary/aromatic N) is 3. The van der Waals surface area contributed by atoms with Gasteiger partial charge in [-0.2, -0.15) is 14.9 Å². The molecule has 0 spiro atoms. The van der Waals surface area contributed by atoms with Crippen molar-refractivity contribution in [3.05, 3.63) is 93.7 Å². The number of hydrogen-bond donors (Lipinski definition) is 1. The van der Waals surface area contributed by atoms with Crippen molar-refractivity contribution >= 4 is 30.0 Å². The van der Waals surface area contributed by atoms with Crippen molar-refractivity contribution in [3.8, 4) is 22.9 Å². The monoisotopic (exact) mass is 450 g/mol. The summed E-state index contributed by atoms with van der Waals surface area (Å²) in [6.07, 6.45) is 1.68. The number of ether oxygens (including phenoxy) is 2. The summed E-state index contributed by atoms with van der Waals surface area (Å²) in [5.41, 5.74) is 2.62. The highest BCUT2D eigenvalue weighted by molar-refractivity contribution is 7.71. The summed E-state index contributed by atoms with van der Waals surface area (Å²) in [6.45, 7) is 0.432. The van der Waals surface area contributed by atoms with E-state index in [1.807, 2.05) is 66.7 Å². The first-order valence-electron chi connectivity index (χ1n) is 9.47. The van der Waals surface area contributed by atoms with Gasteiger partial charge in [0.2, 0.25) is 4.77 Å². The van der Waals surface area contributed by atoms with Gasteiger partial charge in [0.1, 0.15) is 6.61 Å². The molecule has 0 radical (unpaired) electrons. The Bertz CT molecular complexity index is 1270. The summed E-state index contributed by atoms with van der Waals surface area (Å²) < 4.78 is 13.3. The number of halogens is 1. The molecular formula is C23H19ClN4O2S. The second kappa shape index (κ2) is 9.59. The Balaban J connectivity index is 1.61. The summed E-state index contributed by atoms with van der Waals surface area (Å²) in [7, 11) is 1.61. The summed E-state index contributed by atoms with van der Waals surface area (Å²) in [5, 5.41) is 12.1. The molecule has 0 bridgehead atoms. The highest BCUT2D eigenvalue weighted by Crippen LogP contribution is 2.29. The van der Waals surface area contributed by atoms with Crippen molar-refractivity contribution in [2.75, 3.05) is 7.11 Å². The third kappa shape index (κ3) is 4.84. The average Bonchev–Trinajstić information content (AvgIpc) is 3.17.